The molecule has 1 aromatic carbocycles. The van der Waals surface area contributed by atoms with Crippen LogP contribution < -0.4 is 0 Å². The van der Waals surface area contributed by atoms with E-state index >= 15 is 0 Å². The van der Waals surface area contributed by atoms with Gasteiger partial charge in [0, 0.05) is 11.8 Å². The first-order chi connectivity index (χ1) is 9.49. The van der Waals surface area contributed by atoms with Gasteiger partial charge < -0.3 is 9.84 Å². The van der Waals surface area contributed by atoms with Gasteiger partial charge in [0.05, 0.1) is 13.2 Å². The summed E-state index contributed by atoms with van der Waals surface area (Å²) in [6.07, 6.45) is 5.88. The Kier molecular flexibility index (Phi) is 7.02. The molecule has 3 nitrogen and oxygen atoms in total. The molecule has 0 spiro atoms. The molecule has 110 valence electrons. The van der Waals surface area contributed by atoms with Gasteiger partial charge in [0.25, 0.3) is 0 Å². The van der Waals surface area contributed by atoms with E-state index < -0.39 is 5.97 Å². The molecule has 1 rings (SSSR count). The molecule has 1 N–H and O–H groups in total. The third-order valence-electron chi connectivity index (χ3n) is 2.92. The van der Waals surface area contributed by atoms with E-state index in [1.165, 1.54) is 5.56 Å². The average Bonchev–Trinajstić information content (AvgIpc) is 2.39. The van der Waals surface area contributed by atoms with E-state index in [1.54, 1.807) is 0 Å². The molecule has 0 aliphatic rings. The van der Waals surface area contributed by atoms with Crippen molar-refractivity contribution >= 4 is 5.97 Å². The minimum Gasteiger partial charge on any atom is -0.481 e. The summed E-state index contributed by atoms with van der Waals surface area (Å²) in [4.78, 5) is 10.4. The van der Waals surface area contributed by atoms with E-state index in [1.807, 2.05) is 18.2 Å². The molecule has 0 unspecified atom stereocenters. The first-order valence-electron chi connectivity index (χ1n) is 7.01. The normalized spacial score (nSPS) is 11.9. The molecule has 1 aromatic rings. The maximum absolute atomic E-state index is 10.4. The van der Waals surface area contributed by atoms with Crippen LogP contribution in [0.3, 0.4) is 0 Å². The lowest BCUT2D eigenvalue weighted by Gasteiger charge is -2.20. The number of unbranched alkanes of at least 4 members (excludes halogenated alkanes) is 1. The number of hydrogen-bond donors (Lipinski definition) is 1. The van der Waals surface area contributed by atoms with Crippen LogP contribution in [0.15, 0.2) is 42.5 Å². The Labute approximate surface area is 121 Å². The zero-order valence-corrected chi connectivity index (χ0v) is 12.3. The highest BCUT2D eigenvalue weighted by Crippen LogP contribution is 2.19. The first kappa shape index (κ1) is 16.4. The van der Waals surface area contributed by atoms with Crippen molar-refractivity contribution in [2.45, 2.75) is 39.7 Å². The molecule has 0 bridgehead atoms. The lowest BCUT2D eigenvalue weighted by atomic mass is 9.93. The van der Waals surface area contributed by atoms with Crippen LogP contribution in [0.2, 0.25) is 0 Å². The number of carbonyl (C=O) groups is 1. The highest BCUT2D eigenvalue weighted by atomic mass is 16.5. The second-order valence-corrected chi connectivity index (χ2v) is 5.66. The molecule has 20 heavy (non-hydrogen) atoms. The highest BCUT2D eigenvalue weighted by molar-refractivity contribution is 5.66. The van der Waals surface area contributed by atoms with Gasteiger partial charge >= 0.3 is 5.97 Å². The van der Waals surface area contributed by atoms with Gasteiger partial charge in [-0.1, -0.05) is 56.3 Å². The van der Waals surface area contributed by atoms with E-state index in [9.17, 15) is 4.79 Å². The maximum Gasteiger partial charge on any atom is 0.303 e. The average molecular weight is 276 g/mol. The molecule has 0 amide bonds. The number of hydrogen-bond acceptors (Lipinski definition) is 2. The summed E-state index contributed by atoms with van der Waals surface area (Å²) in [6.45, 7) is 5.51. The SMILES string of the molecule is CC(C)(/C=C/CCCC(=O)O)COCc1ccccc1. The Hall–Kier alpha value is -1.61. The van der Waals surface area contributed by atoms with E-state index in [4.69, 9.17) is 9.84 Å². The number of allylic oxidation sites excluding steroid dienone is 1. The Morgan fingerprint density at radius 3 is 2.65 bits per heavy atom. The van der Waals surface area contributed by atoms with Crippen LogP contribution in [0.1, 0.15) is 38.7 Å². The van der Waals surface area contributed by atoms with E-state index in [-0.39, 0.29) is 11.8 Å². The predicted molar refractivity (Wildman–Crippen MR) is 80.5 cm³/mol. The fourth-order valence-corrected chi connectivity index (χ4v) is 1.83. The van der Waals surface area contributed by atoms with Crippen molar-refractivity contribution in [3.05, 3.63) is 48.0 Å². The quantitative estimate of drug-likeness (QED) is 0.547. The van der Waals surface area contributed by atoms with Gasteiger partial charge in [0.15, 0.2) is 0 Å². The summed E-state index contributed by atoms with van der Waals surface area (Å²) >= 11 is 0. The summed E-state index contributed by atoms with van der Waals surface area (Å²) in [5, 5.41) is 8.55. The molecule has 0 saturated heterocycles. The summed E-state index contributed by atoms with van der Waals surface area (Å²) in [6, 6.07) is 10.1. The van der Waals surface area contributed by atoms with Gasteiger partial charge in [0.1, 0.15) is 0 Å². The maximum atomic E-state index is 10.4. The van der Waals surface area contributed by atoms with Crippen LogP contribution in [0.4, 0.5) is 0 Å². The van der Waals surface area contributed by atoms with Crippen molar-refractivity contribution in [2.24, 2.45) is 5.41 Å². The predicted octanol–water partition coefficient (Wildman–Crippen LogP) is 4.04. The molecule has 0 atom stereocenters. The zero-order chi connectivity index (χ0) is 14.8. The van der Waals surface area contributed by atoms with Gasteiger partial charge in [-0.3, -0.25) is 4.79 Å². The number of carboxylic acids is 1. The Morgan fingerprint density at radius 1 is 1.30 bits per heavy atom. The molecule has 0 aliphatic heterocycles. The number of rotatable bonds is 9. The number of carboxylic acid groups (broad SMARTS) is 1. The monoisotopic (exact) mass is 276 g/mol. The number of aliphatic carboxylic acids is 1. The first-order valence-corrected chi connectivity index (χ1v) is 7.01. The molecule has 0 fully saturated rings. The molecular weight excluding hydrogens is 252 g/mol. The van der Waals surface area contributed by atoms with Crippen molar-refractivity contribution < 1.29 is 14.6 Å². The number of ether oxygens (including phenoxy) is 1. The van der Waals surface area contributed by atoms with Crippen molar-refractivity contribution in [1.29, 1.82) is 0 Å². The summed E-state index contributed by atoms with van der Waals surface area (Å²) < 4.78 is 5.73. The Bertz CT molecular complexity index is 421. The number of benzene rings is 1. The van der Waals surface area contributed by atoms with E-state index in [2.05, 4.69) is 38.1 Å². The minimum atomic E-state index is -0.733. The third-order valence-corrected chi connectivity index (χ3v) is 2.92. The van der Waals surface area contributed by atoms with Gasteiger partial charge in [-0.15, -0.1) is 0 Å². The highest BCUT2D eigenvalue weighted by Gasteiger charge is 2.13. The van der Waals surface area contributed by atoms with Crippen LogP contribution in [0.25, 0.3) is 0 Å². The van der Waals surface area contributed by atoms with Crippen LogP contribution in [0, 0.1) is 5.41 Å². The molecule has 0 aliphatic carbocycles. The standard InChI is InChI=1S/C17H24O3/c1-17(2,12-8-4-7-11-16(18)19)14-20-13-15-9-5-3-6-10-15/h3,5-6,8-10,12H,4,7,11,13-14H2,1-2H3,(H,18,19)/b12-8+. The van der Waals surface area contributed by atoms with Gasteiger partial charge in [-0.2, -0.15) is 0 Å². The molecule has 0 heterocycles. The molecule has 0 saturated carbocycles. The van der Waals surface area contributed by atoms with Gasteiger partial charge in [-0.05, 0) is 18.4 Å². The van der Waals surface area contributed by atoms with Crippen LogP contribution >= 0.6 is 0 Å². The molecule has 3 heteroatoms. The van der Waals surface area contributed by atoms with Crippen LogP contribution in [-0.4, -0.2) is 17.7 Å². The van der Waals surface area contributed by atoms with E-state index in [0.29, 0.717) is 19.6 Å². The summed E-state index contributed by atoms with van der Waals surface area (Å²) in [5.74, 6) is -0.733. The van der Waals surface area contributed by atoms with Crippen molar-refractivity contribution in [3.8, 4) is 0 Å². The van der Waals surface area contributed by atoms with Crippen LogP contribution in [0.5, 0.6) is 0 Å². The van der Waals surface area contributed by atoms with Crippen LogP contribution in [-0.2, 0) is 16.1 Å². The summed E-state index contributed by atoms with van der Waals surface area (Å²) in [5.41, 5.74) is 1.14. The zero-order valence-electron chi connectivity index (χ0n) is 12.3. The molecular formula is C17H24O3. The Morgan fingerprint density at radius 2 is 2.00 bits per heavy atom. The van der Waals surface area contributed by atoms with E-state index in [0.717, 1.165) is 6.42 Å². The van der Waals surface area contributed by atoms with Gasteiger partial charge in [0.2, 0.25) is 0 Å². The van der Waals surface area contributed by atoms with Crippen molar-refractivity contribution in [2.75, 3.05) is 6.61 Å². The lowest BCUT2D eigenvalue weighted by Crippen LogP contribution is -2.16. The smallest absolute Gasteiger partial charge is 0.303 e. The van der Waals surface area contributed by atoms with Crippen molar-refractivity contribution in [1.82, 2.24) is 0 Å². The largest absolute Gasteiger partial charge is 0.481 e. The molecule has 0 aromatic heterocycles. The van der Waals surface area contributed by atoms with Crippen molar-refractivity contribution in [3.63, 3.8) is 0 Å². The topological polar surface area (TPSA) is 46.5 Å². The Balaban J connectivity index is 2.23. The summed E-state index contributed by atoms with van der Waals surface area (Å²) in [7, 11) is 0. The fraction of sp³-hybridized carbons (Fsp3) is 0.471. The second-order valence-electron chi connectivity index (χ2n) is 5.66. The third kappa shape index (κ3) is 7.74. The molecule has 0 radical (unpaired) electrons. The minimum absolute atomic E-state index is 0.0298. The fourth-order valence-electron chi connectivity index (χ4n) is 1.83. The lowest BCUT2D eigenvalue weighted by molar-refractivity contribution is -0.137. The van der Waals surface area contributed by atoms with Gasteiger partial charge in [-0.25, -0.2) is 0 Å². The second kappa shape index (κ2) is 8.54.